The monoisotopic (exact) mass is 218 g/mol. The average molecular weight is 218 g/mol. The van der Waals surface area contributed by atoms with Crippen LogP contribution in [0.5, 0.6) is 0 Å². The third-order valence-corrected chi connectivity index (χ3v) is 3.07. The Bertz CT molecular complexity index is 182. The van der Waals surface area contributed by atoms with E-state index in [0.29, 0.717) is 6.04 Å². The highest BCUT2D eigenvalue weighted by Crippen LogP contribution is 2.08. The summed E-state index contributed by atoms with van der Waals surface area (Å²) in [5.41, 5.74) is 0. The molecular formula is C9H18N2S2. The van der Waals surface area contributed by atoms with Crippen LogP contribution in [0.4, 0.5) is 0 Å². The van der Waals surface area contributed by atoms with Gasteiger partial charge < -0.3 is 4.90 Å². The van der Waals surface area contributed by atoms with Crippen molar-refractivity contribution in [3.63, 3.8) is 0 Å². The SMILES string of the molecule is CC(C)N1CCCN(C(=S)S)CC1. The summed E-state index contributed by atoms with van der Waals surface area (Å²) in [4.78, 5) is 4.67. The highest BCUT2D eigenvalue weighted by atomic mass is 32.1. The van der Waals surface area contributed by atoms with Crippen LogP contribution in [0.1, 0.15) is 20.3 Å². The second kappa shape index (κ2) is 5.17. The molecule has 0 N–H and O–H groups in total. The average Bonchev–Trinajstić information content (AvgIpc) is 2.27. The molecule has 0 aromatic carbocycles. The minimum Gasteiger partial charge on any atom is -0.356 e. The van der Waals surface area contributed by atoms with Crippen molar-refractivity contribution in [3.05, 3.63) is 0 Å². The molecule has 0 unspecified atom stereocenters. The number of rotatable bonds is 1. The predicted molar refractivity (Wildman–Crippen MR) is 64.5 cm³/mol. The van der Waals surface area contributed by atoms with Gasteiger partial charge in [-0.25, -0.2) is 0 Å². The second-order valence-corrected chi connectivity index (χ2v) is 4.87. The molecule has 0 saturated carbocycles. The Hall–Kier alpha value is 0.200. The van der Waals surface area contributed by atoms with Gasteiger partial charge in [0.25, 0.3) is 0 Å². The van der Waals surface area contributed by atoms with Gasteiger partial charge in [-0.05, 0) is 20.3 Å². The Morgan fingerprint density at radius 3 is 2.46 bits per heavy atom. The van der Waals surface area contributed by atoms with E-state index in [1.165, 1.54) is 13.0 Å². The van der Waals surface area contributed by atoms with E-state index in [9.17, 15) is 0 Å². The van der Waals surface area contributed by atoms with Gasteiger partial charge in [-0.3, -0.25) is 4.90 Å². The van der Waals surface area contributed by atoms with Gasteiger partial charge in [0.1, 0.15) is 4.32 Å². The number of thiol groups is 1. The molecule has 0 atom stereocenters. The van der Waals surface area contributed by atoms with Gasteiger partial charge in [0.05, 0.1) is 0 Å². The number of hydrogen-bond donors (Lipinski definition) is 1. The van der Waals surface area contributed by atoms with Gasteiger partial charge in [0.15, 0.2) is 0 Å². The number of hydrogen-bond acceptors (Lipinski definition) is 2. The van der Waals surface area contributed by atoms with Crippen molar-refractivity contribution in [3.8, 4) is 0 Å². The molecule has 76 valence electrons. The molecule has 0 bridgehead atoms. The quantitative estimate of drug-likeness (QED) is 0.528. The minimum absolute atomic E-state index is 0.647. The maximum absolute atomic E-state index is 5.05. The van der Waals surface area contributed by atoms with E-state index < -0.39 is 0 Å². The van der Waals surface area contributed by atoms with Gasteiger partial charge in [-0.2, -0.15) is 0 Å². The van der Waals surface area contributed by atoms with Crippen molar-refractivity contribution in [2.24, 2.45) is 0 Å². The molecule has 0 radical (unpaired) electrons. The molecular weight excluding hydrogens is 200 g/mol. The first-order valence-corrected chi connectivity index (χ1v) is 5.68. The van der Waals surface area contributed by atoms with E-state index in [-0.39, 0.29) is 0 Å². The van der Waals surface area contributed by atoms with Crippen LogP contribution in [0.15, 0.2) is 0 Å². The van der Waals surface area contributed by atoms with Crippen LogP contribution in [0.3, 0.4) is 0 Å². The van der Waals surface area contributed by atoms with Gasteiger partial charge in [-0.1, -0.05) is 12.2 Å². The zero-order valence-electron chi connectivity index (χ0n) is 8.36. The van der Waals surface area contributed by atoms with E-state index in [0.717, 1.165) is 24.0 Å². The summed E-state index contributed by atoms with van der Waals surface area (Å²) in [5, 5.41) is 0. The number of nitrogens with zero attached hydrogens (tertiary/aromatic N) is 2. The van der Waals surface area contributed by atoms with Crippen molar-refractivity contribution in [2.75, 3.05) is 26.2 Å². The van der Waals surface area contributed by atoms with E-state index in [1.807, 2.05) is 0 Å². The maximum atomic E-state index is 5.05. The second-order valence-electron chi connectivity index (χ2n) is 3.75. The molecule has 1 fully saturated rings. The Labute approximate surface area is 91.7 Å². The molecule has 1 aliphatic rings. The van der Waals surface area contributed by atoms with Crippen LogP contribution in [0.25, 0.3) is 0 Å². The molecule has 0 amide bonds. The van der Waals surface area contributed by atoms with Crippen LogP contribution in [-0.2, 0) is 0 Å². The van der Waals surface area contributed by atoms with E-state index in [1.54, 1.807) is 0 Å². The summed E-state index contributed by atoms with van der Waals surface area (Å²) < 4.78 is 0.741. The molecule has 0 aromatic heterocycles. The van der Waals surface area contributed by atoms with Crippen LogP contribution in [0, 0.1) is 0 Å². The molecule has 1 aliphatic heterocycles. The lowest BCUT2D eigenvalue weighted by molar-refractivity contribution is 0.233. The maximum Gasteiger partial charge on any atom is 0.133 e. The van der Waals surface area contributed by atoms with Crippen molar-refractivity contribution in [1.29, 1.82) is 0 Å². The molecule has 0 spiro atoms. The lowest BCUT2D eigenvalue weighted by atomic mass is 10.3. The van der Waals surface area contributed by atoms with Gasteiger partial charge in [-0.15, -0.1) is 12.6 Å². The lowest BCUT2D eigenvalue weighted by Gasteiger charge is -2.24. The Morgan fingerprint density at radius 1 is 1.23 bits per heavy atom. The number of thiocarbonyl (C=S) groups is 1. The van der Waals surface area contributed by atoms with Crippen LogP contribution in [0.2, 0.25) is 0 Å². The Morgan fingerprint density at radius 2 is 1.92 bits per heavy atom. The van der Waals surface area contributed by atoms with Crippen LogP contribution >= 0.6 is 24.8 Å². The topological polar surface area (TPSA) is 6.48 Å². The van der Waals surface area contributed by atoms with Crippen molar-refractivity contribution in [1.82, 2.24) is 9.80 Å². The fourth-order valence-corrected chi connectivity index (χ4v) is 2.03. The summed E-state index contributed by atoms with van der Waals surface area (Å²) in [6.45, 7) is 8.87. The smallest absolute Gasteiger partial charge is 0.133 e. The third kappa shape index (κ3) is 3.44. The highest BCUT2D eigenvalue weighted by molar-refractivity contribution is 8.10. The Kier molecular flexibility index (Phi) is 4.49. The zero-order valence-corrected chi connectivity index (χ0v) is 10.1. The molecule has 2 nitrogen and oxygen atoms in total. The fraction of sp³-hybridized carbons (Fsp3) is 0.889. The summed E-state index contributed by atoms with van der Waals surface area (Å²) in [7, 11) is 0. The fourth-order valence-electron chi connectivity index (χ4n) is 1.65. The minimum atomic E-state index is 0.647. The first-order valence-electron chi connectivity index (χ1n) is 4.83. The largest absolute Gasteiger partial charge is 0.356 e. The van der Waals surface area contributed by atoms with E-state index >= 15 is 0 Å². The molecule has 1 heterocycles. The van der Waals surface area contributed by atoms with Crippen LogP contribution in [-0.4, -0.2) is 46.3 Å². The normalized spacial score (nSPS) is 20.5. The van der Waals surface area contributed by atoms with E-state index in [4.69, 9.17) is 12.2 Å². The first kappa shape index (κ1) is 11.3. The predicted octanol–water partition coefficient (Wildman–Crippen LogP) is 1.62. The van der Waals surface area contributed by atoms with Crippen molar-refractivity contribution in [2.45, 2.75) is 26.3 Å². The standard InChI is InChI=1S/C9H18N2S2/c1-8(2)10-4-3-5-11(7-6-10)9(12)13/h8H,3-7H2,1-2H3,(H,12,13). The van der Waals surface area contributed by atoms with Crippen LogP contribution < -0.4 is 0 Å². The first-order chi connectivity index (χ1) is 6.11. The Balaban J connectivity index is 2.44. The van der Waals surface area contributed by atoms with Gasteiger partial charge >= 0.3 is 0 Å². The summed E-state index contributed by atoms with van der Waals surface area (Å²) in [6.07, 6.45) is 1.19. The molecule has 0 aliphatic carbocycles. The van der Waals surface area contributed by atoms with Crippen molar-refractivity contribution < 1.29 is 0 Å². The molecule has 4 heteroatoms. The lowest BCUT2D eigenvalue weighted by Crippen LogP contribution is -2.35. The van der Waals surface area contributed by atoms with E-state index in [2.05, 4.69) is 36.3 Å². The summed E-state index contributed by atoms with van der Waals surface area (Å²) >= 11 is 9.26. The summed E-state index contributed by atoms with van der Waals surface area (Å²) in [6, 6.07) is 0.647. The molecule has 13 heavy (non-hydrogen) atoms. The summed E-state index contributed by atoms with van der Waals surface area (Å²) in [5.74, 6) is 0. The molecule has 1 rings (SSSR count). The van der Waals surface area contributed by atoms with Gasteiger partial charge in [0, 0.05) is 32.2 Å². The molecule has 0 aromatic rings. The highest BCUT2D eigenvalue weighted by Gasteiger charge is 2.16. The third-order valence-electron chi connectivity index (χ3n) is 2.53. The van der Waals surface area contributed by atoms with Gasteiger partial charge in [0.2, 0.25) is 0 Å². The van der Waals surface area contributed by atoms with Crippen molar-refractivity contribution >= 4 is 29.2 Å². The zero-order chi connectivity index (χ0) is 9.84. The molecule has 1 saturated heterocycles.